The quantitative estimate of drug-likeness (QED) is 0.111. The van der Waals surface area contributed by atoms with Crippen LogP contribution in [-0.2, 0) is 24.0 Å². The van der Waals surface area contributed by atoms with Crippen LogP contribution in [0.4, 0.5) is 0 Å². The predicted molar refractivity (Wildman–Crippen MR) is 163 cm³/mol. The lowest BCUT2D eigenvalue weighted by molar-refractivity contribution is -0.140. The van der Waals surface area contributed by atoms with Crippen LogP contribution >= 0.6 is 0 Å². The van der Waals surface area contributed by atoms with Crippen LogP contribution in [-0.4, -0.2) is 189 Å². The summed E-state index contributed by atoms with van der Waals surface area (Å²) >= 11 is 0. The van der Waals surface area contributed by atoms with E-state index in [0.717, 1.165) is 19.8 Å². The smallest absolute Gasteiger partial charge is 0.317 e. The van der Waals surface area contributed by atoms with Crippen molar-refractivity contribution < 1.29 is 39.3 Å². The van der Waals surface area contributed by atoms with E-state index in [9.17, 15) is 34.2 Å². The number of hydrogen-bond acceptors (Lipinski definition) is 11. The van der Waals surface area contributed by atoms with Gasteiger partial charge < -0.3 is 35.6 Å². The van der Waals surface area contributed by atoms with Crippen molar-refractivity contribution in [2.75, 3.05) is 119 Å². The van der Waals surface area contributed by atoms with Crippen LogP contribution in [0.1, 0.15) is 26.7 Å². The van der Waals surface area contributed by atoms with E-state index < -0.39 is 11.9 Å². The lowest BCUT2D eigenvalue weighted by Crippen LogP contribution is -2.49. The molecular weight excluding hydrogens is 562 g/mol. The van der Waals surface area contributed by atoms with E-state index in [-0.39, 0.29) is 38.0 Å². The van der Waals surface area contributed by atoms with Crippen molar-refractivity contribution in [3.05, 3.63) is 0 Å². The molecule has 15 heteroatoms. The number of nitrogens with one attached hydrogen (secondary N) is 2. The Labute approximate surface area is 256 Å². The molecule has 1 saturated heterocycles. The fourth-order valence-corrected chi connectivity index (χ4v) is 4.37. The summed E-state index contributed by atoms with van der Waals surface area (Å²) in [5.41, 5.74) is 0. The van der Waals surface area contributed by atoms with Gasteiger partial charge in [0.1, 0.15) is 6.29 Å². The molecule has 1 fully saturated rings. The number of carbonyl (C=O) groups is 5. The second-order valence-electron chi connectivity index (χ2n) is 11.0. The van der Waals surface area contributed by atoms with E-state index in [1.807, 2.05) is 21.7 Å². The van der Waals surface area contributed by atoms with Gasteiger partial charge in [-0.1, -0.05) is 13.8 Å². The van der Waals surface area contributed by atoms with Crippen LogP contribution < -0.4 is 10.6 Å². The number of nitrogens with zero attached hydrogens (tertiary/aromatic N) is 5. The molecule has 250 valence electrons. The molecule has 1 aliphatic rings. The number of carboxylic acid groups (broad SMARTS) is 2. The predicted octanol–water partition coefficient (Wildman–Crippen LogP) is -2.21. The van der Waals surface area contributed by atoms with Gasteiger partial charge in [-0.25, -0.2) is 0 Å². The van der Waals surface area contributed by atoms with Gasteiger partial charge in [0.05, 0.1) is 26.2 Å². The number of likely N-dealkylation sites (N-methyl/N-ethyl adjacent to an activating group) is 1. The standard InChI is InChI=1S/C27H51N7O7.CH4O/c1-23(2)4-5-24(36)28-6-8-30(3)9-7-29-25(37)20-32-12-10-31(18-19-35)11-13-33(21-26(38)39)16-17-34(15-14-32)22-27(40)41;1-2/h19,23H,4-18,20-22H2,1-3H3,(H,28,36)(H,29,37)(H,38,39)(H,40,41);2H,1H3. The number of amides is 2. The maximum atomic E-state index is 12.7. The first-order valence-electron chi connectivity index (χ1n) is 14.9. The molecule has 0 aromatic rings. The fourth-order valence-electron chi connectivity index (χ4n) is 4.37. The van der Waals surface area contributed by atoms with Crippen LogP contribution in [0.15, 0.2) is 0 Å². The van der Waals surface area contributed by atoms with Gasteiger partial charge in [-0.15, -0.1) is 0 Å². The minimum absolute atomic E-state index is 0.0534. The summed E-state index contributed by atoms with van der Waals surface area (Å²) in [6.45, 7) is 9.99. The molecule has 0 atom stereocenters. The Morgan fingerprint density at radius 2 is 1.12 bits per heavy atom. The third kappa shape index (κ3) is 22.5. The van der Waals surface area contributed by atoms with Crippen molar-refractivity contribution in [3.63, 3.8) is 0 Å². The van der Waals surface area contributed by atoms with Gasteiger partial charge in [-0.2, -0.15) is 0 Å². The zero-order valence-corrected chi connectivity index (χ0v) is 26.5. The number of aliphatic hydroxyl groups is 1. The van der Waals surface area contributed by atoms with E-state index in [0.29, 0.717) is 90.9 Å². The summed E-state index contributed by atoms with van der Waals surface area (Å²) in [7, 11) is 2.93. The molecule has 0 saturated carbocycles. The summed E-state index contributed by atoms with van der Waals surface area (Å²) in [6, 6.07) is 0. The molecule has 0 radical (unpaired) electrons. The third-order valence-corrected chi connectivity index (χ3v) is 6.93. The van der Waals surface area contributed by atoms with Crippen molar-refractivity contribution in [1.82, 2.24) is 35.1 Å². The molecule has 0 aliphatic carbocycles. The van der Waals surface area contributed by atoms with Crippen LogP contribution in [0.5, 0.6) is 0 Å². The van der Waals surface area contributed by atoms with Gasteiger partial charge >= 0.3 is 11.9 Å². The number of rotatable bonds is 17. The van der Waals surface area contributed by atoms with Gasteiger partial charge in [0.2, 0.25) is 11.8 Å². The number of carbonyl (C=O) groups excluding carboxylic acids is 3. The summed E-state index contributed by atoms with van der Waals surface area (Å²) in [5.74, 6) is -1.53. The summed E-state index contributed by atoms with van der Waals surface area (Å²) in [4.78, 5) is 68.0. The average Bonchev–Trinajstić information content (AvgIpc) is 2.93. The molecule has 15 nitrogen and oxygen atoms in total. The van der Waals surface area contributed by atoms with Gasteiger partial charge in [-0.3, -0.25) is 38.8 Å². The molecule has 0 unspecified atom stereocenters. The molecule has 0 aromatic heterocycles. The summed E-state index contributed by atoms with van der Waals surface area (Å²) in [5, 5.41) is 31.5. The lowest BCUT2D eigenvalue weighted by Gasteiger charge is -2.32. The molecule has 0 bridgehead atoms. The van der Waals surface area contributed by atoms with Gasteiger partial charge in [0.15, 0.2) is 0 Å². The highest BCUT2D eigenvalue weighted by Gasteiger charge is 2.20. The summed E-state index contributed by atoms with van der Waals surface area (Å²) in [6.07, 6.45) is 2.20. The van der Waals surface area contributed by atoms with Crippen molar-refractivity contribution in [2.24, 2.45) is 5.92 Å². The molecule has 43 heavy (non-hydrogen) atoms. The second-order valence-corrected chi connectivity index (χ2v) is 11.0. The maximum Gasteiger partial charge on any atom is 0.317 e. The first-order valence-corrected chi connectivity index (χ1v) is 14.9. The zero-order chi connectivity index (χ0) is 32.6. The highest BCUT2D eigenvalue weighted by molar-refractivity contribution is 5.78. The molecule has 5 N–H and O–H groups in total. The Morgan fingerprint density at radius 3 is 1.51 bits per heavy atom. The Kier molecular flexibility index (Phi) is 23.2. The van der Waals surface area contributed by atoms with Crippen molar-refractivity contribution in [2.45, 2.75) is 26.7 Å². The molecule has 0 spiro atoms. The SMILES string of the molecule is CC(C)CCC(=O)NCCN(C)CCNC(=O)CN1CCN(CC=O)CCN(CC(=O)O)CCN(CC(=O)O)CC1.CO. The first-order chi connectivity index (χ1) is 20.5. The molecule has 2 amide bonds. The number of aliphatic hydroxyl groups excluding tert-OH is 1. The minimum Gasteiger partial charge on any atom is -0.480 e. The second kappa shape index (κ2) is 24.7. The average molecular weight is 618 g/mol. The minimum atomic E-state index is -0.970. The van der Waals surface area contributed by atoms with Crippen LogP contribution in [0.2, 0.25) is 0 Å². The number of aldehydes is 1. The van der Waals surface area contributed by atoms with E-state index in [1.165, 1.54) is 0 Å². The molecule has 0 aromatic carbocycles. The Hall–Kier alpha value is -2.69. The Bertz CT molecular complexity index is 818. The van der Waals surface area contributed by atoms with E-state index >= 15 is 0 Å². The molecular formula is C28H55N7O8. The third-order valence-electron chi connectivity index (χ3n) is 6.93. The van der Waals surface area contributed by atoms with Crippen LogP contribution in [0.3, 0.4) is 0 Å². The summed E-state index contributed by atoms with van der Waals surface area (Å²) < 4.78 is 0. The van der Waals surface area contributed by atoms with Gasteiger partial charge in [-0.05, 0) is 19.4 Å². The zero-order valence-electron chi connectivity index (χ0n) is 26.5. The first kappa shape index (κ1) is 40.3. The Morgan fingerprint density at radius 1 is 0.721 bits per heavy atom. The van der Waals surface area contributed by atoms with E-state index in [2.05, 4.69) is 24.5 Å². The highest BCUT2D eigenvalue weighted by Crippen LogP contribution is 2.03. The topological polar surface area (TPSA) is 186 Å². The number of carboxylic acids is 2. The van der Waals surface area contributed by atoms with Crippen LogP contribution in [0, 0.1) is 5.92 Å². The Balaban J connectivity index is 0.00000862. The lowest BCUT2D eigenvalue weighted by atomic mass is 10.1. The van der Waals surface area contributed by atoms with Crippen molar-refractivity contribution in [1.29, 1.82) is 0 Å². The van der Waals surface area contributed by atoms with E-state index in [4.69, 9.17) is 5.11 Å². The van der Waals surface area contributed by atoms with Crippen LogP contribution in [0.25, 0.3) is 0 Å². The largest absolute Gasteiger partial charge is 0.480 e. The normalized spacial score (nSPS) is 16.4. The highest BCUT2D eigenvalue weighted by atomic mass is 16.4. The molecule has 1 aliphatic heterocycles. The van der Waals surface area contributed by atoms with Crippen molar-refractivity contribution in [3.8, 4) is 0 Å². The maximum absolute atomic E-state index is 12.7. The van der Waals surface area contributed by atoms with Gasteiger partial charge in [0, 0.05) is 92.1 Å². The van der Waals surface area contributed by atoms with E-state index in [1.54, 1.807) is 9.80 Å². The monoisotopic (exact) mass is 617 g/mol. The van der Waals surface area contributed by atoms with Gasteiger partial charge in [0.25, 0.3) is 0 Å². The number of hydrogen-bond donors (Lipinski definition) is 5. The fraction of sp³-hybridized carbons (Fsp3) is 0.821. The number of aliphatic carboxylic acids is 2. The molecule has 1 rings (SSSR count). The van der Waals surface area contributed by atoms with Crippen molar-refractivity contribution >= 4 is 30.0 Å². The molecule has 1 heterocycles.